The van der Waals surface area contributed by atoms with Gasteiger partial charge in [-0.05, 0) is 5.56 Å². The average Bonchev–Trinajstić information content (AvgIpc) is 2.54. The van der Waals surface area contributed by atoms with E-state index in [1.807, 2.05) is 6.07 Å². The molecule has 1 saturated heterocycles. The molecule has 116 valence electrons. The molecule has 2 rings (SSSR count). The van der Waals surface area contributed by atoms with E-state index in [4.69, 9.17) is 4.74 Å². The second-order valence-electron chi connectivity index (χ2n) is 4.61. The van der Waals surface area contributed by atoms with Gasteiger partial charge in [-0.15, -0.1) is 0 Å². The predicted molar refractivity (Wildman–Crippen MR) is 77.7 cm³/mol. The SMILES string of the molecule is CNS(=O)(=O)NC(C(=O)N1CCOCC1)c1ccccc1. The van der Waals surface area contributed by atoms with E-state index in [-0.39, 0.29) is 5.91 Å². The van der Waals surface area contributed by atoms with Gasteiger partial charge in [-0.1, -0.05) is 30.3 Å². The lowest BCUT2D eigenvalue weighted by atomic mass is 10.1. The second kappa shape index (κ2) is 6.99. The summed E-state index contributed by atoms with van der Waals surface area (Å²) in [5, 5.41) is 0. The lowest BCUT2D eigenvalue weighted by molar-refractivity contribution is -0.137. The second-order valence-corrected chi connectivity index (χ2v) is 6.26. The Bertz CT molecular complexity index is 570. The number of rotatable bonds is 5. The van der Waals surface area contributed by atoms with Crippen LogP contribution in [0.2, 0.25) is 0 Å². The number of hydrogen-bond donors (Lipinski definition) is 2. The van der Waals surface area contributed by atoms with Crippen LogP contribution in [-0.4, -0.2) is 52.6 Å². The van der Waals surface area contributed by atoms with Gasteiger partial charge in [-0.2, -0.15) is 13.1 Å². The Hall–Kier alpha value is -1.48. The van der Waals surface area contributed by atoms with Gasteiger partial charge in [0.1, 0.15) is 6.04 Å². The van der Waals surface area contributed by atoms with Gasteiger partial charge in [-0.3, -0.25) is 4.79 Å². The van der Waals surface area contributed by atoms with Gasteiger partial charge < -0.3 is 9.64 Å². The van der Waals surface area contributed by atoms with Crippen LogP contribution in [-0.2, 0) is 19.7 Å². The Kier molecular flexibility index (Phi) is 5.29. The monoisotopic (exact) mass is 313 g/mol. The summed E-state index contributed by atoms with van der Waals surface area (Å²) in [6.45, 7) is 1.85. The summed E-state index contributed by atoms with van der Waals surface area (Å²) in [5.41, 5.74) is 0.604. The standard InChI is InChI=1S/C13H19N3O4S/c1-14-21(18,19)15-12(11-5-3-2-4-6-11)13(17)16-7-9-20-10-8-16/h2-6,12,14-15H,7-10H2,1H3. The minimum atomic E-state index is -3.73. The predicted octanol–water partition coefficient (Wildman–Crippen LogP) is -0.360. The van der Waals surface area contributed by atoms with Crippen LogP contribution in [0.5, 0.6) is 0 Å². The van der Waals surface area contributed by atoms with Gasteiger partial charge in [0.2, 0.25) is 5.91 Å². The smallest absolute Gasteiger partial charge is 0.277 e. The minimum Gasteiger partial charge on any atom is -0.378 e. The highest BCUT2D eigenvalue weighted by Crippen LogP contribution is 2.17. The van der Waals surface area contributed by atoms with Crippen molar-refractivity contribution < 1.29 is 17.9 Å². The Morgan fingerprint density at radius 1 is 1.24 bits per heavy atom. The van der Waals surface area contributed by atoms with Crippen LogP contribution >= 0.6 is 0 Å². The van der Waals surface area contributed by atoms with E-state index >= 15 is 0 Å². The van der Waals surface area contributed by atoms with Crippen molar-refractivity contribution in [1.82, 2.24) is 14.3 Å². The molecule has 7 nitrogen and oxygen atoms in total. The lowest BCUT2D eigenvalue weighted by Gasteiger charge is -2.30. The van der Waals surface area contributed by atoms with E-state index in [0.29, 0.717) is 31.9 Å². The Morgan fingerprint density at radius 2 is 1.86 bits per heavy atom. The molecule has 21 heavy (non-hydrogen) atoms. The van der Waals surface area contributed by atoms with E-state index in [2.05, 4.69) is 9.44 Å². The fourth-order valence-electron chi connectivity index (χ4n) is 2.09. The van der Waals surface area contributed by atoms with Crippen LogP contribution in [0.3, 0.4) is 0 Å². The van der Waals surface area contributed by atoms with Gasteiger partial charge in [0.15, 0.2) is 0 Å². The molecule has 1 fully saturated rings. The van der Waals surface area contributed by atoms with E-state index in [1.165, 1.54) is 7.05 Å². The maximum atomic E-state index is 12.6. The van der Waals surface area contributed by atoms with Gasteiger partial charge >= 0.3 is 0 Å². The van der Waals surface area contributed by atoms with E-state index in [1.54, 1.807) is 29.2 Å². The molecule has 0 aromatic heterocycles. The highest BCUT2D eigenvalue weighted by molar-refractivity contribution is 7.87. The molecular weight excluding hydrogens is 294 g/mol. The van der Waals surface area contributed by atoms with Crippen LogP contribution in [0.1, 0.15) is 11.6 Å². The molecule has 1 aliphatic heterocycles. The largest absolute Gasteiger partial charge is 0.378 e. The van der Waals surface area contributed by atoms with Gasteiger partial charge in [-0.25, -0.2) is 4.72 Å². The molecule has 1 atom stereocenters. The number of carbonyl (C=O) groups is 1. The molecule has 1 aromatic carbocycles. The molecule has 1 amide bonds. The lowest BCUT2D eigenvalue weighted by Crippen LogP contribution is -2.49. The average molecular weight is 313 g/mol. The van der Waals surface area contributed by atoms with Crippen molar-refractivity contribution in [3.63, 3.8) is 0 Å². The molecule has 0 saturated carbocycles. The Morgan fingerprint density at radius 3 is 2.43 bits per heavy atom. The summed E-state index contributed by atoms with van der Waals surface area (Å²) in [6.07, 6.45) is 0. The molecular formula is C13H19N3O4S. The Labute approximate surface area is 124 Å². The van der Waals surface area contributed by atoms with Crippen LogP contribution in [0.15, 0.2) is 30.3 Å². The van der Waals surface area contributed by atoms with Crippen molar-refractivity contribution in [2.45, 2.75) is 6.04 Å². The minimum absolute atomic E-state index is 0.275. The quantitative estimate of drug-likeness (QED) is 0.777. The first kappa shape index (κ1) is 15.9. The molecule has 0 bridgehead atoms. The maximum absolute atomic E-state index is 12.6. The summed E-state index contributed by atoms with van der Waals surface area (Å²) >= 11 is 0. The zero-order valence-electron chi connectivity index (χ0n) is 11.8. The van der Waals surface area contributed by atoms with E-state index in [9.17, 15) is 13.2 Å². The van der Waals surface area contributed by atoms with Crippen molar-refractivity contribution in [3.8, 4) is 0 Å². The summed E-state index contributed by atoms with van der Waals surface area (Å²) in [5.74, 6) is -0.275. The van der Waals surface area contributed by atoms with Crippen molar-refractivity contribution >= 4 is 16.1 Å². The van der Waals surface area contributed by atoms with Crippen LogP contribution in [0, 0.1) is 0 Å². The van der Waals surface area contributed by atoms with Crippen LogP contribution in [0.4, 0.5) is 0 Å². The number of carbonyl (C=O) groups excluding carboxylic acids is 1. The first-order chi connectivity index (χ1) is 10.0. The first-order valence-electron chi connectivity index (χ1n) is 6.66. The third kappa shape index (κ3) is 4.24. The molecule has 0 aliphatic carbocycles. The number of nitrogens with one attached hydrogen (secondary N) is 2. The van der Waals surface area contributed by atoms with Crippen molar-refractivity contribution in [3.05, 3.63) is 35.9 Å². The fourth-order valence-corrected chi connectivity index (χ4v) is 2.75. The van der Waals surface area contributed by atoms with Gasteiger partial charge in [0.25, 0.3) is 10.2 Å². The molecule has 1 unspecified atom stereocenters. The summed E-state index contributed by atoms with van der Waals surface area (Å²) in [4.78, 5) is 14.2. The van der Waals surface area contributed by atoms with Crippen molar-refractivity contribution in [2.24, 2.45) is 0 Å². The molecule has 0 radical (unpaired) electrons. The Balaban J connectivity index is 2.25. The summed E-state index contributed by atoms with van der Waals surface area (Å²) in [7, 11) is -2.43. The number of amides is 1. The molecule has 1 aromatic rings. The normalized spacial score (nSPS) is 17.5. The third-order valence-electron chi connectivity index (χ3n) is 3.24. The molecule has 1 aliphatic rings. The molecule has 0 spiro atoms. The van der Waals surface area contributed by atoms with E-state index < -0.39 is 16.3 Å². The maximum Gasteiger partial charge on any atom is 0.277 e. The van der Waals surface area contributed by atoms with Gasteiger partial charge in [0.05, 0.1) is 13.2 Å². The van der Waals surface area contributed by atoms with Gasteiger partial charge in [0, 0.05) is 20.1 Å². The van der Waals surface area contributed by atoms with E-state index in [0.717, 1.165) is 0 Å². The molecule has 2 N–H and O–H groups in total. The summed E-state index contributed by atoms with van der Waals surface area (Å²) in [6, 6.07) is 7.85. The summed E-state index contributed by atoms with van der Waals surface area (Å²) < 4.78 is 33.3. The van der Waals surface area contributed by atoms with Crippen molar-refractivity contribution in [2.75, 3.05) is 33.4 Å². The van der Waals surface area contributed by atoms with Crippen LogP contribution in [0.25, 0.3) is 0 Å². The fraction of sp³-hybridized carbons (Fsp3) is 0.462. The number of ether oxygens (including phenoxy) is 1. The first-order valence-corrected chi connectivity index (χ1v) is 8.14. The third-order valence-corrected chi connectivity index (χ3v) is 4.33. The zero-order chi connectivity index (χ0) is 15.3. The highest BCUT2D eigenvalue weighted by Gasteiger charge is 2.30. The zero-order valence-corrected chi connectivity index (χ0v) is 12.6. The number of hydrogen-bond acceptors (Lipinski definition) is 4. The molecule has 1 heterocycles. The number of nitrogens with zero attached hydrogens (tertiary/aromatic N) is 1. The van der Waals surface area contributed by atoms with Crippen molar-refractivity contribution in [1.29, 1.82) is 0 Å². The van der Waals surface area contributed by atoms with Crippen LogP contribution < -0.4 is 9.44 Å². The highest BCUT2D eigenvalue weighted by atomic mass is 32.2. The number of benzene rings is 1. The topological polar surface area (TPSA) is 87.7 Å². The number of morpholine rings is 1. The molecule has 8 heteroatoms.